The molecule has 0 atom stereocenters. The molecule has 0 radical (unpaired) electrons. The molecule has 0 aliphatic carbocycles. The van der Waals surface area contributed by atoms with Crippen LogP contribution in [-0.4, -0.2) is 41.3 Å². The third kappa shape index (κ3) is 6.48. The van der Waals surface area contributed by atoms with Gasteiger partial charge in [-0.05, 0) is 58.1 Å². The van der Waals surface area contributed by atoms with E-state index >= 15 is 0 Å². The molecular formula is C20H30N2O3S. The van der Waals surface area contributed by atoms with E-state index in [9.17, 15) is 4.79 Å². The maximum absolute atomic E-state index is 12.1. The van der Waals surface area contributed by atoms with Crippen LogP contribution in [0.4, 0.5) is 10.5 Å². The zero-order valence-electron chi connectivity index (χ0n) is 16.2. The van der Waals surface area contributed by atoms with E-state index in [2.05, 4.69) is 5.32 Å². The van der Waals surface area contributed by atoms with Gasteiger partial charge in [0.1, 0.15) is 11.4 Å². The first-order valence-electron chi connectivity index (χ1n) is 9.28. The molecule has 0 unspecified atom stereocenters. The smallest absolute Gasteiger partial charge is 0.410 e. The summed E-state index contributed by atoms with van der Waals surface area (Å²) >= 11 is 5.27. The van der Waals surface area contributed by atoms with Crippen LogP contribution in [0.3, 0.4) is 0 Å². The molecule has 1 saturated heterocycles. The predicted octanol–water partition coefficient (Wildman–Crippen LogP) is 4.86. The Labute approximate surface area is 162 Å². The predicted molar refractivity (Wildman–Crippen MR) is 109 cm³/mol. The van der Waals surface area contributed by atoms with Gasteiger partial charge in [-0.25, -0.2) is 4.79 Å². The quantitative estimate of drug-likeness (QED) is 0.742. The minimum absolute atomic E-state index is 0.223. The lowest BCUT2D eigenvalue weighted by Gasteiger charge is -2.33. The van der Waals surface area contributed by atoms with Crippen molar-refractivity contribution in [1.82, 2.24) is 4.90 Å². The molecule has 5 nitrogen and oxygen atoms in total. The van der Waals surface area contributed by atoms with E-state index in [4.69, 9.17) is 21.7 Å². The Morgan fingerprint density at radius 2 is 1.92 bits per heavy atom. The van der Waals surface area contributed by atoms with E-state index in [-0.39, 0.29) is 6.09 Å². The normalized spacial score (nSPS) is 15.5. The van der Waals surface area contributed by atoms with Gasteiger partial charge in [0.05, 0.1) is 17.3 Å². The van der Waals surface area contributed by atoms with Crippen LogP contribution in [0, 0.1) is 5.92 Å². The Morgan fingerprint density at radius 3 is 2.54 bits per heavy atom. The van der Waals surface area contributed by atoms with Crippen molar-refractivity contribution in [3.05, 3.63) is 24.3 Å². The molecule has 0 aromatic heterocycles. The molecule has 6 heteroatoms. The van der Waals surface area contributed by atoms with Crippen molar-refractivity contribution in [1.29, 1.82) is 0 Å². The van der Waals surface area contributed by atoms with Gasteiger partial charge in [-0.3, -0.25) is 0 Å². The second-order valence-corrected chi connectivity index (χ2v) is 8.11. The molecule has 2 rings (SSSR count). The number of nitrogens with zero attached hydrogens (tertiary/aromatic N) is 1. The van der Waals surface area contributed by atoms with E-state index in [1.54, 1.807) is 4.90 Å². The lowest BCUT2D eigenvalue weighted by atomic mass is 9.98. The number of amides is 1. The van der Waals surface area contributed by atoms with Gasteiger partial charge in [0, 0.05) is 13.1 Å². The van der Waals surface area contributed by atoms with Crippen LogP contribution >= 0.6 is 12.2 Å². The molecule has 0 bridgehead atoms. The number of benzene rings is 1. The summed E-state index contributed by atoms with van der Waals surface area (Å²) < 4.78 is 11.5. The molecule has 1 heterocycles. The summed E-state index contributed by atoms with van der Waals surface area (Å²) in [7, 11) is 0. The van der Waals surface area contributed by atoms with Crippen LogP contribution in [0.2, 0.25) is 0 Å². The molecule has 26 heavy (non-hydrogen) atoms. The zero-order valence-corrected chi connectivity index (χ0v) is 17.0. The van der Waals surface area contributed by atoms with Crippen molar-refractivity contribution in [3.8, 4) is 5.75 Å². The second kappa shape index (κ2) is 9.21. The summed E-state index contributed by atoms with van der Waals surface area (Å²) in [4.78, 5) is 14.7. The first-order valence-corrected chi connectivity index (χ1v) is 9.69. The highest BCUT2D eigenvalue weighted by molar-refractivity contribution is 7.80. The molecule has 0 saturated carbocycles. The number of anilines is 1. The Morgan fingerprint density at radius 1 is 1.27 bits per heavy atom. The van der Waals surface area contributed by atoms with Gasteiger partial charge in [-0.2, -0.15) is 0 Å². The number of carbonyl (C=O) groups excluding carboxylic acids is 1. The molecule has 1 amide bonds. The van der Waals surface area contributed by atoms with Gasteiger partial charge >= 0.3 is 6.09 Å². The van der Waals surface area contributed by atoms with Crippen molar-refractivity contribution < 1.29 is 14.3 Å². The molecular weight excluding hydrogens is 348 g/mol. The van der Waals surface area contributed by atoms with Crippen LogP contribution in [0.5, 0.6) is 5.75 Å². The van der Waals surface area contributed by atoms with Crippen LogP contribution < -0.4 is 10.1 Å². The summed E-state index contributed by atoms with van der Waals surface area (Å²) in [5.74, 6) is 1.25. The Hall–Kier alpha value is -1.82. The number of nitrogens with one attached hydrogen (secondary N) is 1. The fourth-order valence-electron chi connectivity index (χ4n) is 2.75. The minimum atomic E-state index is -0.452. The van der Waals surface area contributed by atoms with Crippen LogP contribution in [0.15, 0.2) is 24.3 Å². The van der Waals surface area contributed by atoms with Crippen molar-refractivity contribution in [2.45, 2.75) is 52.6 Å². The standard InChI is InChI=1S/C20H30N2O3S/c1-5-18(26)21-16-8-6-7-9-17(16)24-14-15-10-12-22(13-11-15)19(23)25-20(2,3)4/h6-9,15H,5,10-14H2,1-4H3,(H,21,26). The number of ether oxygens (including phenoxy) is 2. The first-order chi connectivity index (χ1) is 12.3. The minimum Gasteiger partial charge on any atom is -0.491 e. The maximum Gasteiger partial charge on any atom is 0.410 e. The molecule has 1 aliphatic rings. The zero-order chi connectivity index (χ0) is 19.2. The Balaban J connectivity index is 1.82. The first kappa shape index (κ1) is 20.5. The SMILES string of the molecule is CCC(=S)Nc1ccccc1OCC1CCN(C(=O)OC(C)(C)C)CC1. The van der Waals surface area contributed by atoms with Gasteiger partial charge in [0.2, 0.25) is 0 Å². The molecule has 1 aromatic carbocycles. The van der Waals surface area contributed by atoms with Crippen LogP contribution in [0.1, 0.15) is 47.0 Å². The Kier molecular flexibility index (Phi) is 7.26. The van der Waals surface area contributed by atoms with Crippen molar-refractivity contribution in [2.24, 2.45) is 5.92 Å². The highest BCUT2D eigenvalue weighted by atomic mass is 32.1. The average Bonchev–Trinajstić information content (AvgIpc) is 2.60. The largest absolute Gasteiger partial charge is 0.491 e. The highest BCUT2D eigenvalue weighted by Crippen LogP contribution is 2.26. The third-order valence-corrected chi connectivity index (χ3v) is 4.61. The molecule has 144 valence electrons. The summed E-state index contributed by atoms with van der Waals surface area (Å²) in [6.07, 6.45) is 2.41. The number of likely N-dealkylation sites (tertiary alicyclic amines) is 1. The highest BCUT2D eigenvalue weighted by Gasteiger charge is 2.27. The van der Waals surface area contributed by atoms with Gasteiger partial charge in [0.25, 0.3) is 0 Å². The number of para-hydroxylation sites is 2. The van der Waals surface area contributed by atoms with E-state index in [0.29, 0.717) is 25.6 Å². The van der Waals surface area contributed by atoms with Crippen LogP contribution in [-0.2, 0) is 4.74 Å². The fourth-order valence-corrected chi connectivity index (χ4v) is 2.86. The number of hydrogen-bond acceptors (Lipinski definition) is 4. The summed E-state index contributed by atoms with van der Waals surface area (Å²) in [6, 6.07) is 7.85. The molecule has 1 N–H and O–H groups in total. The van der Waals surface area contributed by atoms with Gasteiger partial charge in [0.15, 0.2) is 0 Å². The number of piperidine rings is 1. The van der Waals surface area contributed by atoms with Crippen molar-refractivity contribution in [2.75, 3.05) is 25.0 Å². The van der Waals surface area contributed by atoms with Crippen LogP contribution in [0.25, 0.3) is 0 Å². The lowest BCUT2D eigenvalue weighted by Crippen LogP contribution is -2.42. The van der Waals surface area contributed by atoms with E-state index in [0.717, 1.165) is 35.7 Å². The second-order valence-electron chi connectivity index (χ2n) is 7.62. The topological polar surface area (TPSA) is 50.8 Å². The maximum atomic E-state index is 12.1. The fraction of sp³-hybridized carbons (Fsp3) is 0.600. The Bertz CT molecular complexity index is 620. The molecule has 0 spiro atoms. The van der Waals surface area contributed by atoms with Gasteiger partial charge < -0.3 is 19.7 Å². The number of hydrogen-bond donors (Lipinski definition) is 1. The van der Waals surface area contributed by atoms with E-state index in [1.807, 2.05) is 52.0 Å². The number of thiocarbonyl (C=S) groups is 1. The lowest BCUT2D eigenvalue weighted by molar-refractivity contribution is 0.0165. The third-order valence-electron chi connectivity index (χ3n) is 4.22. The van der Waals surface area contributed by atoms with E-state index < -0.39 is 5.60 Å². The monoisotopic (exact) mass is 378 g/mol. The summed E-state index contributed by atoms with van der Waals surface area (Å²) in [5, 5.41) is 3.23. The van der Waals surface area contributed by atoms with Gasteiger partial charge in [-0.1, -0.05) is 31.3 Å². The molecule has 1 fully saturated rings. The molecule has 1 aromatic rings. The molecule has 1 aliphatic heterocycles. The summed E-state index contributed by atoms with van der Waals surface area (Å²) in [6.45, 7) is 9.76. The van der Waals surface area contributed by atoms with E-state index in [1.165, 1.54) is 0 Å². The number of carbonyl (C=O) groups is 1. The number of rotatable bonds is 5. The average molecular weight is 379 g/mol. The summed E-state index contributed by atoms with van der Waals surface area (Å²) in [5.41, 5.74) is 0.456. The van der Waals surface area contributed by atoms with Gasteiger partial charge in [-0.15, -0.1) is 0 Å². The van der Waals surface area contributed by atoms with Crippen molar-refractivity contribution >= 4 is 29.0 Å². The van der Waals surface area contributed by atoms with Crippen molar-refractivity contribution in [3.63, 3.8) is 0 Å².